The summed E-state index contributed by atoms with van der Waals surface area (Å²) in [6, 6.07) is 4.13. The van der Waals surface area contributed by atoms with E-state index in [1.165, 1.54) is 19.1 Å². The molecule has 0 saturated heterocycles. The Morgan fingerprint density at radius 1 is 1.61 bits per heavy atom. The van der Waals surface area contributed by atoms with Crippen molar-refractivity contribution in [3.05, 3.63) is 23.4 Å². The third-order valence-electron chi connectivity index (χ3n) is 4.08. The van der Waals surface area contributed by atoms with E-state index in [1.807, 2.05) is 13.1 Å². The highest BCUT2D eigenvalue weighted by atomic mass is 31.1. The number of nitrogens with two attached hydrogens (primary N) is 1. The number of nitrogens with one attached hydrogen (secondary N) is 3. The number of H-pyrrole nitrogens is 1. The molecule has 0 radical (unpaired) electrons. The lowest BCUT2D eigenvalue weighted by Gasteiger charge is -2.16. The molecule has 1 fully saturated rings. The third kappa shape index (κ3) is 4.20. The monoisotopic (exact) mass is 330 g/mol. The molecule has 0 bridgehead atoms. The predicted octanol–water partition coefficient (Wildman–Crippen LogP) is 3.31. The lowest BCUT2D eigenvalue weighted by atomic mass is 10.1. The zero-order valence-corrected chi connectivity index (χ0v) is 14.2. The summed E-state index contributed by atoms with van der Waals surface area (Å²) in [6.45, 7) is 0. The molecule has 1 unspecified atom stereocenters. The Bertz CT molecular complexity index is 633. The second kappa shape index (κ2) is 8.50. The molecule has 1 saturated carbocycles. The molecular weight excluding hydrogens is 307 g/mol. The van der Waals surface area contributed by atoms with Crippen LogP contribution in [-0.2, 0) is 0 Å². The Hall–Kier alpha value is -2.12. The van der Waals surface area contributed by atoms with Crippen LogP contribution in [0.2, 0.25) is 0 Å². The first-order chi connectivity index (χ1) is 11.2. The highest BCUT2D eigenvalue weighted by Gasteiger charge is 2.24. The van der Waals surface area contributed by atoms with Gasteiger partial charge in [0.2, 0.25) is 0 Å². The fourth-order valence-corrected chi connectivity index (χ4v) is 4.72. The second-order valence-electron chi connectivity index (χ2n) is 5.47. The van der Waals surface area contributed by atoms with Gasteiger partial charge in [-0.15, -0.1) is 0 Å². The number of aromatic nitrogens is 1. The summed E-state index contributed by atoms with van der Waals surface area (Å²) >= 11 is 0. The zero-order valence-electron chi connectivity index (χ0n) is 13.3. The molecule has 0 aliphatic heterocycles. The van der Waals surface area contributed by atoms with Gasteiger partial charge in [-0.2, -0.15) is 5.26 Å². The maximum atomic E-state index is 9.05. The topological polar surface area (TPSA) is 114 Å². The molecule has 1 aromatic heterocycles. The van der Waals surface area contributed by atoms with E-state index in [4.69, 9.17) is 16.4 Å². The number of nitrogens with zero attached hydrogens (tertiary/aromatic N) is 2. The lowest BCUT2D eigenvalue weighted by molar-refractivity contribution is 0.886. The predicted molar refractivity (Wildman–Crippen MR) is 98.4 cm³/mol. The van der Waals surface area contributed by atoms with Gasteiger partial charge in [0.05, 0.1) is 17.9 Å². The first kappa shape index (κ1) is 17.2. The molecule has 1 heterocycles. The van der Waals surface area contributed by atoms with Gasteiger partial charge in [0.15, 0.2) is 0 Å². The first-order valence-electron chi connectivity index (χ1n) is 7.74. The van der Waals surface area contributed by atoms with Crippen molar-refractivity contribution in [2.75, 3.05) is 18.5 Å². The highest BCUT2D eigenvalue weighted by Crippen LogP contribution is 2.49. The smallest absolute Gasteiger partial charge is 0.112 e. The average Bonchev–Trinajstić information content (AvgIpc) is 3.25. The standard InChI is InChI=1S/C16H23N6P/c1-20-16-14(6-8-21-16)15(19)12(10-18)11-22-23(9-7-17)13-4-2-3-5-13/h6,8,10-11,13,18,20-21H,2-5,9,19H2,1H3. The molecule has 7 heteroatoms. The summed E-state index contributed by atoms with van der Waals surface area (Å²) in [5.74, 6) is 0.810. The van der Waals surface area contributed by atoms with E-state index in [0.29, 0.717) is 23.1 Å². The quantitative estimate of drug-likeness (QED) is 0.454. The fraction of sp³-hybridized carbons (Fsp3) is 0.438. The second-order valence-corrected chi connectivity index (χ2v) is 7.62. The van der Waals surface area contributed by atoms with Gasteiger partial charge in [-0.05, 0) is 18.9 Å². The molecule has 5 N–H and O–H groups in total. The third-order valence-corrected chi connectivity index (χ3v) is 6.31. The minimum Gasteiger partial charge on any atom is -0.398 e. The van der Waals surface area contributed by atoms with Gasteiger partial charge in [-0.1, -0.05) is 12.8 Å². The molecule has 6 nitrogen and oxygen atoms in total. The maximum Gasteiger partial charge on any atom is 0.112 e. The first-order valence-corrected chi connectivity index (χ1v) is 9.29. The van der Waals surface area contributed by atoms with Crippen molar-refractivity contribution < 1.29 is 0 Å². The van der Waals surface area contributed by atoms with Gasteiger partial charge in [0.1, 0.15) is 5.82 Å². The van der Waals surface area contributed by atoms with Crippen molar-refractivity contribution in [3.8, 4) is 6.07 Å². The van der Waals surface area contributed by atoms with E-state index in [2.05, 4.69) is 21.1 Å². The molecule has 23 heavy (non-hydrogen) atoms. The molecule has 1 aliphatic carbocycles. The molecule has 0 aromatic carbocycles. The number of aromatic amines is 1. The van der Waals surface area contributed by atoms with Gasteiger partial charge < -0.3 is 21.4 Å². The minimum atomic E-state index is -0.702. The summed E-state index contributed by atoms with van der Waals surface area (Å²) in [4.78, 5) is 3.06. The van der Waals surface area contributed by atoms with E-state index in [9.17, 15) is 0 Å². The van der Waals surface area contributed by atoms with Crippen molar-refractivity contribution in [2.45, 2.75) is 31.3 Å². The maximum absolute atomic E-state index is 9.05. The van der Waals surface area contributed by atoms with E-state index in [0.717, 1.165) is 24.2 Å². The SMILES string of the molecule is CNc1[nH]ccc1C(N)=C(C=N)C=NP(CC#N)C1CCCC1. The van der Waals surface area contributed by atoms with Gasteiger partial charge in [-0.3, -0.25) is 4.76 Å². The van der Waals surface area contributed by atoms with Gasteiger partial charge in [-0.25, -0.2) is 0 Å². The van der Waals surface area contributed by atoms with Crippen LogP contribution in [0.25, 0.3) is 5.70 Å². The van der Waals surface area contributed by atoms with E-state index >= 15 is 0 Å². The van der Waals surface area contributed by atoms with E-state index in [-0.39, 0.29) is 0 Å². The Morgan fingerprint density at radius 3 is 2.96 bits per heavy atom. The molecule has 0 amide bonds. The van der Waals surface area contributed by atoms with Crippen molar-refractivity contribution in [1.82, 2.24) is 4.98 Å². The molecule has 1 aliphatic rings. The Labute approximate surface area is 138 Å². The van der Waals surface area contributed by atoms with Crippen LogP contribution >= 0.6 is 8.07 Å². The van der Waals surface area contributed by atoms with Crippen LogP contribution in [0.3, 0.4) is 0 Å². The molecule has 0 spiro atoms. The van der Waals surface area contributed by atoms with Crippen LogP contribution in [0.5, 0.6) is 0 Å². The number of anilines is 1. The highest BCUT2D eigenvalue weighted by molar-refractivity contribution is 7.57. The molecular formula is C16H23N6P. The van der Waals surface area contributed by atoms with Crippen molar-refractivity contribution >= 4 is 32.0 Å². The van der Waals surface area contributed by atoms with Crippen LogP contribution in [0.15, 0.2) is 22.6 Å². The Balaban J connectivity index is 2.24. The van der Waals surface area contributed by atoms with Crippen LogP contribution in [0.1, 0.15) is 31.2 Å². The summed E-state index contributed by atoms with van der Waals surface area (Å²) in [5.41, 5.74) is 8.64. The van der Waals surface area contributed by atoms with Crippen molar-refractivity contribution in [2.24, 2.45) is 10.5 Å². The number of hydrogen-bond acceptors (Lipinski definition) is 5. The van der Waals surface area contributed by atoms with E-state index in [1.54, 1.807) is 12.4 Å². The van der Waals surface area contributed by atoms with Gasteiger partial charge in [0.25, 0.3) is 0 Å². The van der Waals surface area contributed by atoms with Crippen LogP contribution in [0.4, 0.5) is 5.82 Å². The zero-order chi connectivity index (χ0) is 16.7. The summed E-state index contributed by atoms with van der Waals surface area (Å²) < 4.78 is 4.65. The minimum absolute atomic E-state index is 0.480. The number of allylic oxidation sites excluding steroid dienone is 1. The largest absolute Gasteiger partial charge is 0.398 e. The Morgan fingerprint density at radius 2 is 2.35 bits per heavy atom. The summed E-state index contributed by atoms with van der Waals surface area (Å²) in [7, 11) is 1.11. The molecule has 1 atom stereocenters. The van der Waals surface area contributed by atoms with E-state index < -0.39 is 8.07 Å². The van der Waals surface area contributed by atoms with Crippen LogP contribution in [-0.4, -0.2) is 36.3 Å². The normalized spacial score (nSPS) is 17.7. The summed E-state index contributed by atoms with van der Waals surface area (Å²) in [6.07, 6.45) is 9.96. The molecule has 1 aromatic rings. The fourth-order valence-electron chi connectivity index (χ4n) is 2.82. The molecule has 122 valence electrons. The van der Waals surface area contributed by atoms with Crippen LogP contribution in [0, 0.1) is 16.7 Å². The molecule has 2 rings (SSSR count). The van der Waals surface area contributed by atoms with Gasteiger partial charge >= 0.3 is 0 Å². The number of rotatable bonds is 7. The number of hydrogen-bond donors (Lipinski definition) is 4. The van der Waals surface area contributed by atoms with Crippen molar-refractivity contribution in [1.29, 1.82) is 10.7 Å². The lowest BCUT2D eigenvalue weighted by Crippen LogP contribution is -2.06. The summed E-state index contributed by atoms with van der Waals surface area (Å²) in [5, 5.41) is 19.7. The average molecular weight is 330 g/mol. The van der Waals surface area contributed by atoms with Crippen molar-refractivity contribution in [3.63, 3.8) is 0 Å². The Kier molecular flexibility index (Phi) is 6.37. The number of nitriles is 1. The van der Waals surface area contributed by atoms with Crippen LogP contribution < -0.4 is 11.1 Å². The van der Waals surface area contributed by atoms with Gasteiger partial charge in [0, 0.05) is 50.5 Å².